The Bertz CT molecular complexity index is 293. The highest BCUT2D eigenvalue weighted by atomic mass is 15.1. The molecule has 4 rings (SSSR count). The molecule has 0 aliphatic heterocycles. The maximum atomic E-state index is 8.71. The Balaban J connectivity index is 1.61. The Hall–Kier alpha value is -0.550. The second kappa shape index (κ2) is 4.28. The number of rotatable bonds is 4. The van der Waals surface area contributed by atoms with Crippen molar-refractivity contribution in [3.05, 3.63) is 0 Å². The summed E-state index contributed by atoms with van der Waals surface area (Å²) in [6.45, 7) is 1.71. The SMILES string of the molecule is CN(CC#N)CCC12CC3CC(CC(C3)C1)C2. The summed E-state index contributed by atoms with van der Waals surface area (Å²) < 4.78 is 0. The summed E-state index contributed by atoms with van der Waals surface area (Å²) in [5.41, 5.74) is 0.679. The molecule has 2 nitrogen and oxygen atoms in total. The molecule has 0 N–H and O–H groups in total. The topological polar surface area (TPSA) is 27.0 Å². The van der Waals surface area contributed by atoms with E-state index in [1.807, 2.05) is 0 Å². The van der Waals surface area contributed by atoms with E-state index in [-0.39, 0.29) is 0 Å². The van der Waals surface area contributed by atoms with Crippen molar-refractivity contribution < 1.29 is 0 Å². The van der Waals surface area contributed by atoms with Crippen molar-refractivity contribution in [3.63, 3.8) is 0 Å². The summed E-state index contributed by atoms with van der Waals surface area (Å²) in [5, 5.41) is 8.71. The summed E-state index contributed by atoms with van der Waals surface area (Å²) in [7, 11) is 2.09. The van der Waals surface area contributed by atoms with Crippen LogP contribution in [0.15, 0.2) is 0 Å². The molecule has 0 aromatic rings. The van der Waals surface area contributed by atoms with Crippen LogP contribution >= 0.6 is 0 Å². The van der Waals surface area contributed by atoms with Crippen LogP contribution in [0.1, 0.15) is 44.9 Å². The first kappa shape index (κ1) is 11.5. The molecule has 0 atom stereocenters. The molecule has 4 aliphatic rings. The molecule has 0 aromatic carbocycles. The lowest BCUT2D eigenvalue weighted by Gasteiger charge is -2.57. The molecule has 94 valence electrons. The molecule has 0 unspecified atom stereocenters. The minimum atomic E-state index is 0.590. The smallest absolute Gasteiger partial charge is 0.0863 e. The molecule has 4 aliphatic carbocycles. The van der Waals surface area contributed by atoms with E-state index in [0.29, 0.717) is 12.0 Å². The van der Waals surface area contributed by atoms with Gasteiger partial charge in [-0.3, -0.25) is 4.90 Å². The van der Waals surface area contributed by atoms with Crippen LogP contribution in [0.4, 0.5) is 0 Å². The Morgan fingerprint density at radius 1 is 1.12 bits per heavy atom. The Labute approximate surface area is 105 Å². The van der Waals surface area contributed by atoms with Crippen molar-refractivity contribution in [2.75, 3.05) is 20.1 Å². The number of hydrogen-bond donors (Lipinski definition) is 0. The normalized spacial score (nSPS) is 43.0. The largest absolute Gasteiger partial charge is 0.294 e. The van der Waals surface area contributed by atoms with E-state index in [4.69, 9.17) is 5.26 Å². The van der Waals surface area contributed by atoms with E-state index < -0.39 is 0 Å². The quantitative estimate of drug-likeness (QED) is 0.697. The van der Waals surface area contributed by atoms with Crippen LogP contribution in [0.5, 0.6) is 0 Å². The molecule has 4 fully saturated rings. The van der Waals surface area contributed by atoms with E-state index in [0.717, 1.165) is 24.3 Å². The summed E-state index contributed by atoms with van der Waals surface area (Å²) in [4.78, 5) is 2.19. The highest BCUT2D eigenvalue weighted by Crippen LogP contribution is 2.61. The predicted octanol–water partition coefficient (Wildman–Crippen LogP) is 3.05. The maximum Gasteiger partial charge on any atom is 0.0863 e. The molecule has 4 bridgehead atoms. The van der Waals surface area contributed by atoms with E-state index in [1.54, 1.807) is 0 Å². The van der Waals surface area contributed by atoms with Gasteiger partial charge in [0.2, 0.25) is 0 Å². The van der Waals surface area contributed by atoms with Gasteiger partial charge in [-0.2, -0.15) is 5.26 Å². The lowest BCUT2D eigenvalue weighted by Crippen LogP contribution is -2.47. The van der Waals surface area contributed by atoms with E-state index in [1.165, 1.54) is 44.9 Å². The third-order valence-electron chi connectivity index (χ3n) is 5.53. The highest BCUT2D eigenvalue weighted by molar-refractivity contribution is 5.01. The monoisotopic (exact) mass is 232 g/mol. The fourth-order valence-electron chi connectivity index (χ4n) is 5.22. The predicted molar refractivity (Wildman–Crippen MR) is 68.3 cm³/mol. The maximum absolute atomic E-state index is 8.71. The zero-order valence-corrected chi connectivity index (χ0v) is 11.0. The van der Waals surface area contributed by atoms with Crippen molar-refractivity contribution in [1.82, 2.24) is 4.90 Å². The van der Waals surface area contributed by atoms with Gasteiger partial charge < -0.3 is 0 Å². The minimum absolute atomic E-state index is 0.590. The Morgan fingerprint density at radius 2 is 1.65 bits per heavy atom. The molecule has 0 spiro atoms. The molecule has 17 heavy (non-hydrogen) atoms. The Morgan fingerprint density at radius 3 is 2.12 bits per heavy atom. The van der Waals surface area contributed by atoms with Gasteiger partial charge in [0, 0.05) is 0 Å². The van der Waals surface area contributed by atoms with E-state index in [2.05, 4.69) is 18.0 Å². The average molecular weight is 232 g/mol. The van der Waals surface area contributed by atoms with Gasteiger partial charge in [0.1, 0.15) is 0 Å². The van der Waals surface area contributed by atoms with Gasteiger partial charge in [-0.1, -0.05) is 0 Å². The summed E-state index contributed by atoms with van der Waals surface area (Å²) in [6, 6.07) is 2.25. The van der Waals surface area contributed by atoms with Crippen LogP contribution in [0.3, 0.4) is 0 Å². The van der Waals surface area contributed by atoms with Gasteiger partial charge in [0.05, 0.1) is 12.6 Å². The summed E-state index contributed by atoms with van der Waals surface area (Å²) in [5.74, 6) is 3.17. The second-order valence-corrected chi connectivity index (χ2v) is 7.06. The van der Waals surface area contributed by atoms with Crippen molar-refractivity contribution in [1.29, 1.82) is 5.26 Å². The molecule has 2 heteroatoms. The lowest BCUT2D eigenvalue weighted by molar-refractivity contribution is -0.0599. The molecule has 0 amide bonds. The first-order valence-corrected chi connectivity index (χ1v) is 7.25. The Kier molecular flexibility index (Phi) is 2.91. The number of nitriles is 1. The highest BCUT2D eigenvalue weighted by Gasteiger charge is 2.50. The number of hydrogen-bond acceptors (Lipinski definition) is 2. The second-order valence-electron chi connectivity index (χ2n) is 7.06. The van der Waals surface area contributed by atoms with Crippen LogP contribution in [0.2, 0.25) is 0 Å². The third-order valence-corrected chi connectivity index (χ3v) is 5.53. The molecule has 4 saturated carbocycles. The van der Waals surface area contributed by atoms with E-state index in [9.17, 15) is 0 Å². The van der Waals surface area contributed by atoms with Crippen molar-refractivity contribution >= 4 is 0 Å². The lowest BCUT2D eigenvalue weighted by atomic mass is 9.49. The molecule has 0 radical (unpaired) electrons. The molecule has 0 heterocycles. The summed E-state index contributed by atoms with van der Waals surface area (Å²) in [6.07, 6.45) is 10.4. The van der Waals surface area contributed by atoms with Crippen LogP contribution in [-0.4, -0.2) is 25.0 Å². The standard InChI is InChI=1S/C15H24N2/c1-17(5-3-16)4-2-15-9-12-6-13(10-15)8-14(7-12)11-15/h12-14H,2,4-11H2,1H3. The van der Waals surface area contributed by atoms with Gasteiger partial charge in [-0.05, 0) is 81.7 Å². The fourth-order valence-corrected chi connectivity index (χ4v) is 5.22. The van der Waals surface area contributed by atoms with Crippen molar-refractivity contribution in [2.45, 2.75) is 44.9 Å². The van der Waals surface area contributed by atoms with Crippen LogP contribution in [-0.2, 0) is 0 Å². The molecule has 0 saturated heterocycles. The minimum Gasteiger partial charge on any atom is -0.294 e. The van der Waals surface area contributed by atoms with Gasteiger partial charge in [-0.25, -0.2) is 0 Å². The molecular weight excluding hydrogens is 208 g/mol. The van der Waals surface area contributed by atoms with Gasteiger partial charge in [0.25, 0.3) is 0 Å². The van der Waals surface area contributed by atoms with Crippen LogP contribution in [0, 0.1) is 34.5 Å². The zero-order valence-electron chi connectivity index (χ0n) is 11.0. The average Bonchev–Trinajstić information content (AvgIpc) is 2.25. The van der Waals surface area contributed by atoms with Crippen LogP contribution in [0.25, 0.3) is 0 Å². The van der Waals surface area contributed by atoms with Crippen molar-refractivity contribution in [3.8, 4) is 6.07 Å². The third kappa shape index (κ3) is 2.22. The zero-order chi connectivity index (χ0) is 11.9. The molecule has 0 aromatic heterocycles. The van der Waals surface area contributed by atoms with Gasteiger partial charge in [-0.15, -0.1) is 0 Å². The first-order chi connectivity index (χ1) is 8.19. The van der Waals surface area contributed by atoms with Crippen LogP contribution < -0.4 is 0 Å². The fraction of sp³-hybridized carbons (Fsp3) is 0.933. The van der Waals surface area contributed by atoms with Crippen molar-refractivity contribution in [2.24, 2.45) is 23.2 Å². The van der Waals surface area contributed by atoms with E-state index >= 15 is 0 Å². The number of nitrogens with zero attached hydrogens (tertiary/aromatic N) is 2. The van der Waals surface area contributed by atoms with Gasteiger partial charge >= 0.3 is 0 Å². The molecular formula is C15H24N2. The summed E-state index contributed by atoms with van der Waals surface area (Å²) >= 11 is 0. The van der Waals surface area contributed by atoms with Gasteiger partial charge in [0.15, 0.2) is 0 Å². The first-order valence-electron chi connectivity index (χ1n) is 7.25.